The van der Waals surface area contributed by atoms with Crippen LogP contribution < -0.4 is 14.8 Å². The number of hydrogen-bond acceptors (Lipinski definition) is 5. The molecule has 0 aliphatic carbocycles. The van der Waals surface area contributed by atoms with Crippen molar-refractivity contribution in [1.82, 2.24) is 9.62 Å². The van der Waals surface area contributed by atoms with E-state index in [0.717, 1.165) is 21.7 Å². The first kappa shape index (κ1) is 20.7. The maximum atomic E-state index is 12.3. The van der Waals surface area contributed by atoms with Crippen LogP contribution in [-0.4, -0.2) is 45.7 Å². The van der Waals surface area contributed by atoms with E-state index in [1.165, 1.54) is 0 Å². The maximum Gasteiger partial charge on any atom is 0.235 e. The third-order valence-electron chi connectivity index (χ3n) is 3.98. The molecule has 0 unspecified atom stereocenters. The summed E-state index contributed by atoms with van der Waals surface area (Å²) in [6.07, 6.45) is 1.09. The molecule has 0 radical (unpaired) electrons. The summed E-state index contributed by atoms with van der Waals surface area (Å²) in [6.45, 7) is 0.0912. The van der Waals surface area contributed by atoms with Crippen molar-refractivity contribution >= 4 is 15.9 Å². The maximum absolute atomic E-state index is 12.3. The summed E-state index contributed by atoms with van der Waals surface area (Å²) in [5.41, 5.74) is 1.58. The molecule has 1 N–H and O–H groups in total. The zero-order chi connectivity index (χ0) is 19.9. The number of methoxy groups -OCH3 is 2. The number of sulfonamides is 1. The van der Waals surface area contributed by atoms with E-state index < -0.39 is 10.0 Å². The van der Waals surface area contributed by atoms with Crippen molar-refractivity contribution in [2.45, 2.75) is 13.1 Å². The van der Waals surface area contributed by atoms with Gasteiger partial charge in [-0.05, 0) is 23.8 Å². The smallest absolute Gasteiger partial charge is 0.235 e. The van der Waals surface area contributed by atoms with Gasteiger partial charge in [-0.3, -0.25) is 4.79 Å². The van der Waals surface area contributed by atoms with Gasteiger partial charge in [-0.15, -0.1) is 0 Å². The molecule has 0 aliphatic heterocycles. The molecule has 0 aliphatic rings. The lowest BCUT2D eigenvalue weighted by Crippen LogP contribution is -2.39. The predicted octanol–water partition coefficient (Wildman–Crippen LogP) is 1.78. The van der Waals surface area contributed by atoms with Crippen molar-refractivity contribution in [1.29, 1.82) is 0 Å². The molecule has 0 bridgehead atoms. The van der Waals surface area contributed by atoms with Crippen LogP contribution in [-0.2, 0) is 27.9 Å². The summed E-state index contributed by atoms with van der Waals surface area (Å²) >= 11 is 0. The second-order valence-electron chi connectivity index (χ2n) is 5.97. The molecule has 0 aromatic heterocycles. The largest absolute Gasteiger partial charge is 0.497 e. The minimum Gasteiger partial charge on any atom is -0.497 e. The van der Waals surface area contributed by atoms with E-state index in [4.69, 9.17) is 9.47 Å². The Morgan fingerprint density at radius 1 is 1.04 bits per heavy atom. The number of rotatable bonds is 9. The zero-order valence-electron chi connectivity index (χ0n) is 15.6. The van der Waals surface area contributed by atoms with Gasteiger partial charge in [-0.2, -0.15) is 4.31 Å². The van der Waals surface area contributed by atoms with Gasteiger partial charge in [-0.25, -0.2) is 8.42 Å². The standard InChI is InChI=1S/C19H24N2O5S/c1-25-17-10-8-15(9-11-17)13-21(27(3,23)24)14-19(22)20-12-16-6-4-5-7-18(16)26-2/h4-11H,12-14H2,1-3H3,(H,20,22). The van der Waals surface area contributed by atoms with Crippen LogP contribution in [0, 0.1) is 0 Å². The first-order chi connectivity index (χ1) is 12.8. The number of amides is 1. The Morgan fingerprint density at radius 3 is 2.30 bits per heavy atom. The molecule has 27 heavy (non-hydrogen) atoms. The molecule has 7 nitrogen and oxygen atoms in total. The number of ether oxygens (including phenoxy) is 2. The fraction of sp³-hybridized carbons (Fsp3) is 0.316. The molecule has 0 heterocycles. The van der Waals surface area contributed by atoms with E-state index in [2.05, 4.69) is 5.32 Å². The van der Waals surface area contributed by atoms with Crippen molar-refractivity contribution in [2.75, 3.05) is 27.0 Å². The van der Waals surface area contributed by atoms with Crippen LogP contribution in [0.25, 0.3) is 0 Å². The molecule has 8 heteroatoms. The quantitative estimate of drug-likeness (QED) is 0.703. The average Bonchev–Trinajstić information content (AvgIpc) is 2.66. The predicted molar refractivity (Wildman–Crippen MR) is 103 cm³/mol. The van der Waals surface area contributed by atoms with Crippen LogP contribution >= 0.6 is 0 Å². The third-order valence-corrected chi connectivity index (χ3v) is 5.17. The van der Waals surface area contributed by atoms with Crippen molar-refractivity contribution in [2.24, 2.45) is 0 Å². The summed E-state index contributed by atoms with van der Waals surface area (Å²) in [4.78, 5) is 12.3. The van der Waals surface area contributed by atoms with Crippen molar-refractivity contribution in [3.8, 4) is 11.5 Å². The molecule has 2 aromatic rings. The monoisotopic (exact) mass is 392 g/mol. The fourth-order valence-corrected chi connectivity index (χ4v) is 3.22. The van der Waals surface area contributed by atoms with Crippen LogP contribution in [0.2, 0.25) is 0 Å². The van der Waals surface area contributed by atoms with E-state index >= 15 is 0 Å². The molecule has 0 fully saturated rings. The van der Waals surface area contributed by atoms with Gasteiger partial charge < -0.3 is 14.8 Å². The second kappa shape index (κ2) is 9.38. The summed E-state index contributed by atoms with van der Waals surface area (Å²) < 4.78 is 35.6. The van der Waals surface area contributed by atoms with E-state index in [1.807, 2.05) is 18.2 Å². The summed E-state index contributed by atoms with van der Waals surface area (Å²) in [7, 11) is -0.437. The fourth-order valence-electron chi connectivity index (χ4n) is 2.48. The highest BCUT2D eigenvalue weighted by atomic mass is 32.2. The molecule has 0 atom stereocenters. The van der Waals surface area contributed by atoms with Gasteiger partial charge in [-0.1, -0.05) is 30.3 Å². The highest BCUT2D eigenvalue weighted by molar-refractivity contribution is 7.88. The van der Waals surface area contributed by atoms with Crippen LogP contribution in [0.4, 0.5) is 0 Å². The van der Waals surface area contributed by atoms with Gasteiger partial charge in [0.05, 0.1) is 27.0 Å². The first-order valence-corrected chi connectivity index (χ1v) is 10.1. The van der Waals surface area contributed by atoms with Crippen molar-refractivity contribution in [3.63, 3.8) is 0 Å². The van der Waals surface area contributed by atoms with Gasteiger partial charge in [0.25, 0.3) is 0 Å². The average molecular weight is 392 g/mol. The van der Waals surface area contributed by atoms with Crippen LogP contribution in [0.3, 0.4) is 0 Å². The van der Waals surface area contributed by atoms with E-state index in [1.54, 1.807) is 44.6 Å². The molecule has 2 aromatic carbocycles. The molecular weight excluding hydrogens is 368 g/mol. The van der Waals surface area contributed by atoms with Crippen molar-refractivity contribution < 1.29 is 22.7 Å². The SMILES string of the molecule is COc1ccc(CN(CC(=O)NCc2ccccc2OC)S(C)(=O)=O)cc1. The molecule has 1 amide bonds. The number of para-hydroxylation sites is 1. The summed E-state index contributed by atoms with van der Waals surface area (Å²) in [6, 6.07) is 14.3. The topological polar surface area (TPSA) is 84.9 Å². The minimum absolute atomic E-state index is 0.102. The number of benzene rings is 2. The molecule has 0 saturated heterocycles. The van der Waals surface area contributed by atoms with Gasteiger partial charge in [0.1, 0.15) is 11.5 Å². The van der Waals surface area contributed by atoms with Gasteiger partial charge in [0, 0.05) is 18.7 Å². The third kappa shape index (κ3) is 6.26. The Labute approximate surface area is 160 Å². The minimum atomic E-state index is -3.55. The molecular formula is C19H24N2O5S. The Morgan fingerprint density at radius 2 is 1.70 bits per heavy atom. The Balaban J connectivity index is 2.01. The van der Waals surface area contributed by atoms with E-state index in [-0.39, 0.29) is 25.5 Å². The van der Waals surface area contributed by atoms with E-state index in [9.17, 15) is 13.2 Å². The Hall–Kier alpha value is -2.58. The molecule has 0 spiro atoms. The van der Waals surface area contributed by atoms with Gasteiger partial charge in [0.15, 0.2) is 0 Å². The molecule has 146 valence electrons. The van der Waals surface area contributed by atoms with Crippen LogP contribution in [0.5, 0.6) is 11.5 Å². The first-order valence-electron chi connectivity index (χ1n) is 8.30. The highest BCUT2D eigenvalue weighted by Gasteiger charge is 2.20. The number of nitrogens with one attached hydrogen (secondary N) is 1. The number of carbonyl (C=O) groups is 1. The molecule has 2 rings (SSSR count). The van der Waals surface area contributed by atoms with Crippen LogP contribution in [0.1, 0.15) is 11.1 Å². The Kier molecular flexibility index (Phi) is 7.20. The molecule has 0 saturated carbocycles. The summed E-state index contributed by atoms with van der Waals surface area (Å²) in [5, 5.41) is 2.74. The van der Waals surface area contributed by atoms with Crippen molar-refractivity contribution in [3.05, 3.63) is 59.7 Å². The Bertz CT molecular complexity index is 866. The van der Waals surface area contributed by atoms with Crippen LogP contribution in [0.15, 0.2) is 48.5 Å². The summed E-state index contributed by atoms with van der Waals surface area (Å²) in [5.74, 6) is 0.954. The number of carbonyl (C=O) groups excluding carboxylic acids is 1. The lowest BCUT2D eigenvalue weighted by Gasteiger charge is -2.20. The van der Waals surface area contributed by atoms with Gasteiger partial charge >= 0.3 is 0 Å². The lowest BCUT2D eigenvalue weighted by atomic mass is 10.2. The lowest BCUT2D eigenvalue weighted by molar-refractivity contribution is -0.121. The number of nitrogens with zero attached hydrogens (tertiary/aromatic N) is 1. The zero-order valence-corrected chi connectivity index (χ0v) is 16.5. The second-order valence-corrected chi connectivity index (χ2v) is 7.95. The van der Waals surface area contributed by atoms with E-state index in [0.29, 0.717) is 11.5 Å². The normalized spacial score (nSPS) is 11.3. The van der Waals surface area contributed by atoms with Gasteiger partial charge in [0.2, 0.25) is 15.9 Å². The highest BCUT2D eigenvalue weighted by Crippen LogP contribution is 2.17. The number of hydrogen-bond donors (Lipinski definition) is 1.